The topological polar surface area (TPSA) is 81.2 Å². The van der Waals surface area contributed by atoms with Crippen molar-refractivity contribution in [2.45, 2.75) is 19.3 Å². The maximum Gasteiger partial charge on any atom is 0.257 e. The third-order valence-corrected chi connectivity index (χ3v) is 5.02. The molecule has 1 aromatic carbocycles. The van der Waals surface area contributed by atoms with Gasteiger partial charge in [-0.2, -0.15) is 5.10 Å². The van der Waals surface area contributed by atoms with E-state index >= 15 is 0 Å². The number of ether oxygens (including phenoxy) is 2. The highest BCUT2D eigenvalue weighted by Crippen LogP contribution is 2.35. The Hall–Kier alpha value is -3.22. The normalized spacial score (nSPS) is 14.9. The fraction of sp³-hybridized carbons (Fsp3) is 0.300. The number of amides is 1. The largest absolute Gasteiger partial charge is 0.486 e. The number of hydrogen-bond donors (Lipinski definition) is 2. The molecule has 0 atom stereocenters. The minimum Gasteiger partial charge on any atom is -0.486 e. The van der Waals surface area contributed by atoms with Crippen LogP contribution in [0.2, 0.25) is 0 Å². The summed E-state index contributed by atoms with van der Waals surface area (Å²) in [5.74, 6) is 1.19. The number of aromatic amines is 1. The summed E-state index contributed by atoms with van der Waals surface area (Å²) in [6, 6.07) is 5.44. The van der Waals surface area contributed by atoms with Crippen molar-refractivity contribution >= 4 is 11.6 Å². The van der Waals surface area contributed by atoms with Gasteiger partial charge in [0.1, 0.15) is 13.2 Å². The van der Waals surface area contributed by atoms with E-state index in [0.717, 1.165) is 36.2 Å². The fourth-order valence-electron chi connectivity index (χ4n) is 3.82. The summed E-state index contributed by atoms with van der Waals surface area (Å²) in [6.07, 6.45) is 6.73. The molecule has 0 fully saturated rings. The van der Waals surface area contributed by atoms with Crippen LogP contribution in [0, 0.1) is 0 Å². The molecule has 2 N–H and O–H groups in total. The number of hydrogen-bond acceptors (Lipinski definition) is 4. The van der Waals surface area contributed by atoms with Crippen molar-refractivity contribution in [3.63, 3.8) is 0 Å². The first kappa shape index (κ1) is 16.0. The van der Waals surface area contributed by atoms with E-state index in [0.29, 0.717) is 36.0 Å². The van der Waals surface area contributed by atoms with Crippen LogP contribution in [0.15, 0.2) is 30.6 Å². The molecular weight excluding hydrogens is 344 g/mol. The van der Waals surface area contributed by atoms with Gasteiger partial charge in [-0.3, -0.25) is 9.48 Å². The average Bonchev–Trinajstić information content (AvgIpc) is 3.21. The molecule has 1 aliphatic heterocycles. The van der Waals surface area contributed by atoms with E-state index in [9.17, 15) is 4.79 Å². The number of carbonyl (C=O) groups is 1. The van der Waals surface area contributed by atoms with Gasteiger partial charge in [0.05, 0.1) is 11.3 Å². The number of benzene rings is 1. The number of H-pyrrole nitrogens is 1. The Bertz CT molecular complexity index is 1030. The van der Waals surface area contributed by atoms with Gasteiger partial charge in [-0.1, -0.05) is 0 Å². The Morgan fingerprint density at radius 2 is 2.07 bits per heavy atom. The predicted molar refractivity (Wildman–Crippen MR) is 100 cm³/mol. The van der Waals surface area contributed by atoms with Gasteiger partial charge in [-0.15, -0.1) is 0 Å². The Balaban J connectivity index is 1.48. The van der Waals surface area contributed by atoms with E-state index in [2.05, 4.69) is 15.4 Å². The van der Waals surface area contributed by atoms with Crippen LogP contribution in [0.25, 0.3) is 11.3 Å². The lowest BCUT2D eigenvalue weighted by Crippen LogP contribution is -2.16. The predicted octanol–water partition coefficient (Wildman–Crippen LogP) is 2.93. The van der Waals surface area contributed by atoms with Crippen LogP contribution in [0.5, 0.6) is 11.5 Å². The second-order valence-corrected chi connectivity index (χ2v) is 6.90. The van der Waals surface area contributed by atoms with Gasteiger partial charge in [0.25, 0.3) is 5.91 Å². The highest BCUT2D eigenvalue weighted by atomic mass is 16.6. The number of aromatic nitrogens is 3. The first-order valence-electron chi connectivity index (χ1n) is 9.13. The molecule has 0 saturated carbocycles. The van der Waals surface area contributed by atoms with Crippen LogP contribution in [-0.4, -0.2) is 33.9 Å². The second-order valence-electron chi connectivity index (χ2n) is 6.90. The van der Waals surface area contributed by atoms with E-state index in [1.165, 1.54) is 5.56 Å². The zero-order valence-corrected chi connectivity index (χ0v) is 15.0. The second kappa shape index (κ2) is 6.19. The lowest BCUT2D eigenvalue weighted by Gasteiger charge is -2.19. The molecule has 1 amide bonds. The van der Waals surface area contributed by atoms with Gasteiger partial charge in [-0.25, -0.2) is 0 Å². The number of anilines is 1. The van der Waals surface area contributed by atoms with Crippen molar-refractivity contribution in [3.8, 4) is 22.8 Å². The number of aryl methyl sites for hydroxylation is 3. The van der Waals surface area contributed by atoms with Crippen molar-refractivity contribution in [2.75, 3.05) is 18.5 Å². The zero-order chi connectivity index (χ0) is 18.4. The van der Waals surface area contributed by atoms with Crippen LogP contribution in [-0.2, 0) is 19.9 Å². The van der Waals surface area contributed by atoms with E-state index in [4.69, 9.17) is 9.47 Å². The third-order valence-electron chi connectivity index (χ3n) is 5.02. The van der Waals surface area contributed by atoms with Crippen LogP contribution in [0.4, 0.5) is 5.69 Å². The first-order chi connectivity index (χ1) is 13.2. The van der Waals surface area contributed by atoms with Gasteiger partial charge in [-0.05, 0) is 37.0 Å². The summed E-state index contributed by atoms with van der Waals surface area (Å²) in [5.41, 5.74) is 5.36. The van der Waals surface area contributed by atoms with Gasteiger partial charge >= 0.3 is 0 Å². The Labute approximate surface area is 156 Å². The monoisotopic (exact) mass is 364 g/mol. The number of nitrogens with zero attached hydrogens (tertiary/aromatic N) is 2. The van der Waals surface area contributed by atoms with E-state index < -0.39 is 0 Å². The van der Waals surface area contributed by atoms with Crippen LogP contribution >= 0.6 is 0 Å². The molecule has 7 heteroatoms. The molecule has 2 aromatic heterocycles. The zero-order valence-electron chi connectivity index (χ0n) is 15.0. The maximum atomic E-state index is 13.0. The molecule has 27 heavy (non-hydrogen) atoms. The van der Waals surface area contributed by atoms with Gasteiger partial charge in [0, 0.05) is 42.5 Å². The summed E-state index contributed by atoms with van der Waals surface area (Å²) < 4.78 is 12.9. The molecule has 0 radical (unpaired) electrons. The Morgan fingerprint density at radius 1 is 1.22 bits per heavy atom. The molecule has 3 aromatic rings. The molecule has 2 aliphatic rings. The lowest BCUT2D eigenvalue weighted by molar-refractivity contribution is 0.102. The van der Waals surface area contributed by atoms with E-state index in [1.54, 1.807) is 12.3 Å². The summed E-state index contributed by atoms with van der Waals surface area (Å²) in [7, 11) is 1.91. The molecule has 3 heterocycles. The molecular formula is C20H20N4O3. The molecule has 7 nitrogen and oxygen atoms in total. The SMILES string of the molecule is Cn1cc2c(n1)-c1c(C(=O)Nc3ccc4c(c3)OCCO4)c[nH]c1CCC2. The molecule has 0 bridgehead atoms. The smallest absolute Gasteiger partial charge is 0.257 e. The Kier molecular flexibility index (Phi) is 3.67. The number of carbonyl (C=O) groups excluding carboxylic acids is 1. The summed E-state index contributed by atoms with van der Waals surface area (Å²) in [6.45, 7) is 1.05. The van der Waals surface area contributed by atoms with Crippen LogP contribution in [0.3, 0.4) is 0 Å². The minimum atomic E-state index is -0.164. The number of fused-ring (bicyclic) bond motifs is 4. The molecule has 0 unspecified atom stereocenters. The van der Waals surface area contributed by atoms with E-state index in [-0.39, 0.29) is 5.91 Å². The summed E-state index contributed by atoms with van der Waals surface area (Å²) in [4.78, 5) is 16.3. The quantitative estimate of drug-likeness (QED) is 0.733. The summed E-state index contributed by atoms with van der Waals surface area (Å²) >= 11 is 0. The maximum absolute atomic E-state index is 13.0. The highest BCUT2D eigenvalue weighted by molar-refractivity contribution is 6.09. The number of rotatable bonds is 2. The standard InChI is InChI=1S/C20H20N4O3/c1-24-11-12-3-2-4-15-18(19(12)23-24)14(10-21-15)20(25)22-13-5-6-16-17(9-13)27-8-7-26-16/h5-6,9-11,21H,2-4,7-8H2,1H3,(H,22,25). The van der Waals surface area contributed by atoms with Crippen molar-refractivity contribution in [3.05, 3.63) is 47.4 Å². The highest BCUT2D eigenvalue weighted by Gasteiger charge is 2.25. The van der Waals surface area contributed by atoms with E-state index in [1.807, 2.05) is 30.1 Å². The van der Waals surface area contributed by atoms with Crippen molar-refractivity contribution in [1.29, 1.82) is 0 Å². The fourth-order valence-corrected chi connectivity index (χ4v) is 3.82. The molecule has 0 spiro atoms. The average molecular weight is 364 g/mol. The van der Waals surface area contributed by atoms with Gasteiger partial charge in [0.2, 0.25) is 0 Å². The van der Waals surface area contributed by atoms with Crippen molar-refractivity contribution in [1.82, 2.24) is 14.8 Å². The Morgan fingerprint density at radius 3 is 2.96 bits per heavy atom. The molecule has 0 saturated heterocycles. The number of nitrogens with one attached hydrogen (secondary N) is 2. The summed E-state index contributed by atoms with van der Waals surface area (Å²) in [5, 5.41) is 7.59. The van der Waals surface area contributed by atoms with Crippen LogP contribution < -0.4 is 14.8 Å². The van der Waals surface area contributed by atoms with Gasteiger partial charge < -0.3 is 19.8 Å². The van der Waals surface area contributed by atoms with Crippen molar-refractivity contribution in [2.24, 2.45) is 7.05 Å². The van der Waals surface area contributed by atoms with Crippen LogP contribution in [0.1, 0.15) is 28.0 Å². The first-order valence-corrected chi connectivity index (χ1v) is 9.13. The third kappa shape index (κ3) is 2.75. The molecule has 1 aliphatic carbocycles. The molecule has 138 valence electrons. The minimum absolute atomic E-state index is 0.164. The lowest BCUT2D eigenvalue weighted by atomic mass is 10.0. The molecule has 5 rings (SSSR count). The van der Waals surface area contributed by atoms with Crippen molar-refractivity contribution < 1.29 is 14.3 Å². The van der Waals surface area contributed by atoms with Gasteiger partial charge in [0.15, 0.2) is 11.5 Å².